The normalized spacial score (nSPS) is 10.7. The molecule has 0 aliphatic rings. The number of fused-ring (bicyclic) bond motifs is 1. The number of hydrogen-bond acceptors (Lipinski definition) is 3. The minimum absolute atomic E-state index is 0.0138. The summed E-state index contributed by atoms with van der Waals surface area (Å²) in [4.78, 5) is 28.3. The van der Waals surface area contributed by atoms with Crippen LogP contribution in [-0.2, 0) is 6.54 Å². The van der Waals surface area contributed by atoms with Crippen LogP contribution in [0.15, 0.2) is 59.5 Å². The average Bonchev–Trinajstić information content (AvgIpc) is 2.60. The van der Waals surface area contributed by atoms with Gasteiger partial charge in [-0.15, -0.1) is 0 Å². The minimum Gasteiger partial charge on any atom is -0.352 e. The monoisotopic (exact) mass is 321 g/mol. The first-order valence-electron chi connectivity index (χ1n) is 7.94. The lowest BCUT2D eigenvalue weighted by Crippen LogP contribution is -2.27. The predicted octanol–water partition coefficient (Wildman–Crippen LogP) is 2.53. The fraction of sp³-hybridized carbons (Fsp3) is 0.211. The molecule has 24 heavy (non-hydrogen) atoms. The predicted molar refractivity (Wildman–Crippen MR) is 94.1 cm³/mol. The molecule has 0 aliphatic heterocycles. The number of amides is 1. The molecule has 1 N–H and O–H groups in total. The Morgan fingerprint density at radius 3 is 2.83 bits per heavy atom. The number of nitrogens with zero attached hydrogens (tertiary/aromatic N) is 2. The summed E-state index contributed by atoms with van der Waals surface area (Å²) in [5, 5.41) is 3.82. The largest absolute Gasteiger partial charge is 0.352 e. The Labute approximate surface area is 140 Å². The highest BCUT2D eigenvalue weighted by molar-refractivity contribution is 5.97. The SMILES string of the molecule is Cc1cccc(=O)n1CCCNC(=O)c1cnc2ccccc2c1. The highest BCUT2D eigenvalue weighted by Crippen LogP contribution is 2.12. The van der Waals surface area contributed by atoms with Crippen LogP contribution in [0.2, 0.25) is 0 Å². The lowest BCUT2D eigenvalue weighted by molar-refractivity contribution is 0.0952. The van der Waals surface area contributed by atoms with Crippen molar-refractivity contribution < 1.29 is 4.79 Å². The molecule has 0 fully saturated rings. The van der Waals surface area contributed by atoms with Gasteiger partial charge in [-0.05, 0) is 31.5 Å². The van der Waals surface area contributed by atoms with Gasteiger partial charge in [0, 0.05) is 36.4 Å². The number of hydrogen-bond donors (Lipinski definition) is 1. The zero-order valence-electron chi connectivity index (χ0n) is 13.5. The molecule has 3 aromatic rings. The minimum atomic E-state index is -0.148. The van der Waals surface area contributed by atoms with Gasteiger partial charge in [0.25, 0.3) is 11.5 Å². The lowest BCUT2D eigenvalue weighted by Gasteiger charge is -2.10. The van der Waals surface area contributed by atoms with E-state index in [2.05, 4.69) is 10.3 Å². The van der Waals surface area contributed by atoms with Gasteiger partial charge in [0.2, 0.25) is 0 Å². The van der Waals surface area contributed by atoms with Crippen molar-refractivity contribution in [2.75, 3.05) is 6.54 Å². The first-order chi connectivity index (χ1) is 11.6. The molecule has 0 bridgehead atoms. The van der Waals surface area contributed by atoms with E-state index in [1.54, 1.807) is 22.9 Å². The van der Waals surface area contributed by atoms with E-state index in [0.29, 0.717) is 25.1 Å². The summed E-state index contributed by atoms with van der Waals surface area (Å²) in [5.74, 6) is -0.148. The van der Waals surface area contributed by atoms with Crippen LogP contribution in [-0.4, -0.2) is 22.0 Å². The molecule has 0 saturated carbocycles. The number of carbonyl (C=O) groups excluding carboxylic acids is 1. The number of rotatable bonds is 5. The average molecular weight is 321 g/mol. The molecule has 1 aromatic carbocycles. The molecule has 0 atom stereocenters. The smallest absolute Gasteiger partial charge is 0.252 e. The molecule has 0 saturated heterocycles. The van der Waals surface area contributed by atoms with E-state index >= 15 is 0 Å². The molecule has 2 heterocycles. The highest BCUT2D eigenvalue weighted by atomic mass is 16.1. The summed E-state index contributed by atoms with van der Waals surface area (Å²) >= 11 is 0. The van der Waals surface area contributed by atoms with E-state index in [-0.39, 0.29) is 11.5 Å². The van der Waals surface area contributed by atoms with Gasteiger partial charge in [-0.1, -0.05) is 24.3 Å². The Bertz CT molecular complexity index is 931. The van der Waals surface area contributed by atoms with Gasteiger partial charge in [-0.2, -0.15) is 0 Å². The zero-order chi connectivity index (χ0) is 16.9. The van der Waals surface area contributed by atoms with E-state index < -0.39 is 0 Å². The van der Waals surface area contributed by atoms with Crippen molar-refractivity contribution >= 4 is 16.8 Å². The fourth-order valence-electron chi connectivity index (χ4n) is 2.65. The van der Waals surface area contributed by atoms with Crippen molar-refractivity contribution in [3.8, 4) is 0 Å². The van der Waals surface area contributed by atoms with Gasteiger partial charge in [-0.25, -0.2) is 0 Å². The first-order valence-corrected chi connectivity index (χ1v) is 7.94. The molecule has 122 valence electrons. The molecule has 5 heteroatoms. The number of carbonyl (C=O) groups is 1. The Morgan fingerprint density at radius 1 is 1.17 bits per heavy atom. The standard InChI is InChI=1S/C19H19N3O2/c1-14-6-4-9-18(23)22(14)11-5-10-20-19(24)16-12-15-7-2-3-8-17(15)21-13-16/h2-4,6-9,12-13H,5,10-11H2,1H3,(H,20,24). The van der Waals surface area contributed by atoms with Gasteiger partial charge in [0.05, 0.1) is 11.1 Å². The van der Waals surface area contributed by atoms with E-state index in [4.69, 9.17) is 0 Å². The molecule has 5 nitrogen and oxygen atoms in total. The van der Waals surface area contributed by atoms with Crippen molar-refractivity contribution in [2.45, 2.75) is 19.9 Å². The summed E-state index contributed by atoms with van der Waals surface area (Å²) in [7, 11) is 0. The van der Waals surface area contributed by atoms with Crippen molar-refractivity contribution in [3.05, 3.63) is 76.3 Å². The molecule has 2 aromatic heterocycles. The van der Waals surface area contributed by atoms with E-state index in [9.17, 15) is 9.59 Å². The van der Waals surface area contributed by atoms with Crippen LogP contribution >= 0.6 is 0 Å². The topological polar surface area (TPSA) is 64.0 Å². The number of aromatic nitrogens is 2. The van der Waals surface area contributed by atoms with Gasteiger partial charge >= 0.3 is 0 Å². The quantitative estimate of drug-likeness (QED) is 0.735. The van der Waals surface area contributed by atoms with Crippen molar-refractivity contribution in [3.63, 3.8) is 0 Å². The van der Waals surface area contributed by atoms with Crippen LogP contribution in [0.1, 0.15) is 22.5 Å². The molecule has 0 spiro atoms. The summed E-state index contributed by atoms with van der Waals surface area (Å²) in [6.45, 7) is 2.99. The Morgan fingerprint density at radius 2 is 2.00 bits per heavy atom. The molecular formula is C19H19N3O2. The Balaban J connectivity index is 1.58. The van der Waals surface area contributed by atoms with Crippen molar-refractivity contribution in [1.29, 1.82) is 0 Å². The van der Waals surface area contributed by atoms with Crippen molar-refractivity contribution in [1.82, 2.24) is 14.9 Å². The number of para-hydroxylation sites is 1. The Hall–Kier alpha value is -2.95. The Kier molecular flexibility index (Phi) is 4.70. The third-order valence-corrected chi connectivity index (χ3v) is 3.96. The van der Waals surface area contributed by atoms with Crippen LogP contribution in [0.3, 0.4) is 0 Å². The van der Waals surface area contributed by atoms with Gasteiger partial charge in [0.15, 0.2) is 0 Å². The lowest BCUT2D eigenvalue weighted by atomic mass is 10.1. The number of aryl methyl sites for hydroxylation is 1. The first kappa shape index (κ1) is 15.9. The van der Waals surface area contributed by atoms with E-state index in [1.165, 1.54) is 0 Å². The third-order valence-electron chi connectivity index (χ3n) is 3.96. The molecular weight excluding hydrogens is 302 g/mol. The van der Waals surface area contributed by atoms with Crippen molar-refractivity contribution in [2.24, 2.45) is 0 Å². The maximum absolute atomic E-state index is 12.2. The van der Waals surface area contributed by atoms with Gasteiger partial charge in [0.1, 0.15) is 0 Å². The highest BCUT2D eigenvalue weighted by Gasteiger charge is 2.07. The van der Waals surface area contributed by atoms with Gasteiger partial charge < -0.3 is 9.88 Å². The number of nitrogens with one attached hydrogen (secondary N) is 1. The second kappa shape index (κ2) is 7.08. The number of pyridine rings is 2. The van der Waals surface area contributed by atoms with Gasteiger partial charge in [-0.3, -0.25) is 14.6 Å². The molecule has 3 rings (SSSR count). The second-order valence-electron chi connectivity index (χ2n) is 5.68. The summed E-state index contributed by atoms with van der Waals surface area (Å²) in [5.41, 5.74) is 2.32. The fourth-order valence-corrected chi connectivity index (χ4v) is 2.65. The third kappa shape index (κ3) is 3.51. The maximum Gasteiger partial charge on any atom is 0.252 e. The second-order valence-corrected chi connectivity index (χ2v) is 5.68. The molecule has 0 aliphatic carbocycles. The van der Waals surface area contributed by atoms with Crippen LogP contribution < -0.4 is 10.9 Å². The summed E-state index contributed by atoms with van der Waals surface area (Å²) in [6, 6.07) is 14.7. The van der Waals surface area contributed by atoms with Crippen LogP contribution in [0.25, 0.3) is 10.9 Å². The van der Waals surface area contributed by atoms with Crippen LogP contribution in [0, 0.1) is 6.92 Å². The zero-order valence-corrected chi connectivity index (χ0v) is 13.5. The van der Waals surface area contributed by atoms with E-state index in [1.807, 2.05) is 43.3 Å². The van der Waals surface area contributed by atoms with Crippen LogP contribution in [0.4, 0.5) is 0 Å². The maximum atomic E-state index is 12.2. The summed E-state index contributed by atoms with van der Waals surface area (Å²) < 4.78 is 1.71. The molecule has 0 unspecified atom stereocenters. The molecule has 0 radical (unpaired) electrons. The molecule has 1 amide bonds. The number of benzene rings is 1. The van der Waals surface area contributed by atoms with E-state index in [0.717, 1.165) is 16.6 Å². The van der Waals surface area contributed by atoms with Crippen LogP contribution in [0.5, 0.6) is 0 Å². The summed E-state index contributed by atoms with van der Waals surface area (Å²) in [6.07, 6.45) is 2.28.